The van der Waals surface area contributed by atoms with Gasteiger partial charge in [-0.25, -0.2) is 14.4 Å². The minimum Gasteiger partial charge on any atom is -0.496 e. The van der Waals surface area contributed by atoms with E-state index in [2.05, 4.69) is 15.3 Å². The van der Waals surface area contributed by atoms with Crippen molar-refractivity contribution in [1.29, 1.82) is 0 Å². The second kappa shape index (κ2) is 10.7. The molecule has 0 unspecified atom stereocenters. The van der Waals surface area contributed by atoms with Gasteiger partial charge in [-0.2, -0.15) is 0 Å². The smallest absolute Gasteiger partial charge is 0.320 e. The van der Waals surface area contributed by atoms with Crippen molar-refractivity contribution in [2.45, 2.75) is 32.5 Å². The van der Waals surface area contributed by atoms with Crippen LogP contribution in [0.2, 0.25) is 5.02 Å². The van der Waals surface area contributed by atoms with Gasteiger partial charge in [-0.3, -0.25) is 9.69 Å². The molecule has 2 atom stereocenters. The first-order valence-corrected chi connectivity index (χ1v) is 10.6. The molecule has 0 radical (unpaired) electrons. The number of aromatic nitrogens is 2. The Hall–Kier alpha value is -3.01. The quantitative estimate of drug-likeness (QED) is 0.442. The van der Waals surface area contributed by atoms with Crippen LogP contribution in [0.3, 0.4) is 0 Å². The van der Waals surface area contributed by atoms with Crippen molar-refractivity contribution >= 4 is 40.0 Å². The maximum atomic E-state index is 14.5. The number of anilines is 2. The molecule has 2 aromatic carbocycles. The van der Waals surface area contributed by atoms with Crippen LogP contribution < -0.4 is 10.1 Å². The molecule has 33 heavy (non-hydrogen) atoms. The minimum atomic E-state index is -0.945. The standard InChI is InChI=1S/C23H26ClFN4O4/c1-13(11-32-3)29(14(2)23(30)31)10-15-8-16-19(9-20(15)33-4)26-12-27-22(16)28-18-7-5-6-17(24)21(18)25/h5-9,12-14H,10-11H2,1-4H3,(H,30,31)(H,26,27,28)/t13-,14+/m0/s1. The molecule has 8 nitrogen and oxygen atoms in total. The van der Waals surface area contributed by atoms with Crippen molar-refractivity contribution in [2.24, 2.45) is 0 Å². The van der Waals surface area contributed by atoms with E-state index >= 15 is 0 Å². The predicted molar refractivity (Wildman–Crippen MR) is 125 cm³/mol. The first kappa shape index (κ1) is 24.6. The number of benzene rings is 2. The van der Waals surface area contributed by atoms with Gasteiger partial charge in [0.15, 0.2) is 5.82 Å². The molecule has 3 rings (SSSR count). The zero-order chi connectivity index (χ0) is 24.1. The van der Waals surface area contributed by atoms with E-state index in [0.717, 1.165) is 5.56 Å². The number of carbonyl (C=O) groups is 1. The molecule has 0 spiro atoms. The molecule has 0 aliphatic carbocycles. The molecule has 1 aromatic heterocycles. The molecular weight excluding hydrogens is 451 g/mol. The van der Waals surface area contributed by atoms with Crippen molar-refractivity contribution in [3.63, 3.8) is 0 Å². The minimum absolute atomic E-state index is 0.00819. The zero-order valence-corrected chi connectivity index (χ0v) is 19.6. The summed E-state index contributed by atoms with van der Waals surface area (Å²) in [6.45, 7) is 4.16. The van der Waals surface area contributed by atoms with Gasteiger partial charge in [0, 0.05) is 36.7 Å². The highest BCUT2D eigenvalue weighted by atomic mass is 35.5. The third-order valence-electron chi connectivity index (χ3n) is 5.42. The first-order valence-electron chi connectivity index (χ1n) is 10.3. The predicted octanol–water partition coefficient (Wildman–Crippen LogP) is 4.48. The molecule has 0 amide bonds. The second-order valence-corrected chi connectivity index (χ2v) is 8.03. The SMILES string of the molecule is COC[C@H](C)N(Cc1cc2c(Nc3cccc(Cl)c3F)ncnc2cc1OC)[C@H](C)C(=O)O. The van der Waals surface area contributed by atoms with E-state index in [1.165, 1.54) is 19.5 Å². The van der Waals surface area contributed by atoms with Gasteiger partial charge in [-0.1, -0.05) is 17.7 Å². The number of hydrogen-bond donors (Lipinski definition) is 2. The topological polar surface area (TPSA) is 96.8 Å². The van der Waals surface area contributed by atoms with Crippen LogP contribution in [0.4, 0.5) is 15.9 Å². The van der Waals surface area contributed by atoms with Crippen molar-refractivity contribution in [3.8, 4) is 5.75 Å². The van der Waals surface area contributed by atoms with Gasteiger partial charge in [0.25, 0.3) is 0 Å². The number of halogens is 2. The number of rotatable bonds is 10. The van der Waals surface area contributed by atoms with Crippen LogP contribution >= 0.6 is 11.6 Å². The molecule has 2 N–H and O–H groups in total. The summed E-state index contributed by atoms with van der Waals surface area (Å²) in [6, 6.07) is 7.28. The van der Waals surface area contributed by atoms with E-state index in [4.69, 9.17) is 21.1 Å². The molecule has 10 heteroatoms. The number of methoxy groups -OCH3 is 2. The van der Waals surface area contributed by atoms with Gasteiger partial charge in [-0.15, -0.1) is 0 Å². The molecule has 0 fully saturated rings. The highest BCUT2D eigenvalue weighted by molar-refractivity contribution is 6.31. The fourth-order valence-electron chi connectivity index (χ4n) is 3.62. The monoisotopic (exact) mass is 476 g/mol. The average Bonchev–Trinajstić information content (AvgIpc) is 2.79. The molecule has 0 bridgehead atoms. The zero-order valence-electron chi connectivity index (χ0n) is 18.8. The van der Waals surface area contributed by atoms with Crippen LogP contribution in [-0.4, -0.2) is 58.9 Å². The summed E-state index contributed by atoms with van der Waals surface area (Å²) in [5, 5.41) is 13.2. The fourth-order valence-corrected chi connectivity index (χ4v) is 3.79. The van der Waals surface area contributed by atoms with E-state index in [-0.39, 0.29) is 23.3 Å². The number of carboxylic acid groups (broad SMARTS) is 1. The van der Waals surface area contributed by atoms with Crippen molar-refractivity contribution in [1.82, 2.24) is 14.9 Å². The van der Waals surface area contributed by atoms with Crippen LogP contribution in [0.1, 0.15) is 19.4 Å². The summed E-state index contributed by atoms with van der Waals surface area (Å²) in [4.78, 5) is 22.1. The third kappa shape index (κ3) is 5.50. The summed E-state index contributed by atoms with van der Waals surface area (Å²) in [7, 11) is 3.11. The number of ether oxygens (including phenoxy) is 2. The van der Waals surface area contributed by atoms with Gasteiger partial charge in [-0.05, 0) is 32.0 Å². The van der Waals surface area contributed by atoms with Crippen LogP contribution in [0.15, 0.2) is 36.7 Å². The van der Waals surface area contributed by atoms with E-state index in [0.29, 0.717) is 29.1 Å². The van der Waals surface area contributed by atoms with Crippen molar-refractivity contribution < 1.29 is 23.8 Å². The third-order valence-corrected chi connectivity index (χ3v) is 5.72. The van der Waals surface area contributed by atoms with Gasteiger partial charge in [0.05, 0.1) is 29.9 Å². The molecule has 0 aliphatic rings. The molecule has 0 aliphatic heterocycles. The van der Waals surface area contributed by atoms with E-state index in [1.54, 1.807) is 32.2 Å². The lowest BCUT2D eigenvalue weighted by Gasteiger charge is -2.32. The number of nitrogens with one attached hydrogen (secondary N) is 1. The molecule has 1 heterocycles. The van der Waals surface area contributed by atoms with E-state index in [1.807, 2.05) is 17.9 Å². The fraction of sp³-hybridized carbons (Fsp3) is 0.348. The van der Waals surface area contributed by atoms with Gasteiger partial charge in [0.1, 0.15) is 23.9 Å². The Morgan fingerprint density at radius 2 is 2.03 bits per heavy atom. The van der Waals surface area contributed by atoms with Gasteiger partial charge >= 0.3 is 5.97 Å². The molecule has 0 saturated heterocycles. The number of hydrogen-bond acceptors (Lipinski definition) is 7. The van der Waals surface area contributed by atoms with Gasteiger partial charge < -0.3 is 19.9 Å². The van der Waals surface area contributed by atoms with Crippen molar-refractivity contribution in [3.05, 3.63) is 53.1 Å². The first-order chi connectivity index (χ1) is 15.8. The van der Waals surface area contributed by atoms with Crippen LogP contribution in [0, 0.1) is 5.82 Å². The van der Waals surface area contributed by atoms with Crippen molar-refractivity contribution in [2.75, 3.05) is 26.1 Å². The normalized spacial score (nSPS) is 13.2. The van der Waals surface area contributed by atoms with Crippen LogP contribution in [0.25, 0.3) is 10.9 Å². The molecule has 3 aromatic rings. The average molecular weight is 477 g/mol. The Kier molecular flexibility index (Phi) is 8.01. The van der Waals surface area contributed by atoms with E-state index < -0.39 is 17.8 Å². The van der Waals surface area contributed by atoms with Crippen LogP contribution in [0.5, 0.6) is 5.75 Å². The number of fused-ring (bicyclic) bond motifs is 1. The summed E-state index contributed by atoms with van der Waals surface area (Å²) < 4.78 is 25.3. The van der Waals surface area contributed by atoms with Gasteiger partial charge in [0.2, 0.25) is 0 Å². The molecule has 0 saturated carbocycles. The Morgan fingerprint density at radius 3 is 2.70 bits per heavy atom. The summed E-state index contributed by atoms with van der Waals surface area (Å²) in [6.07, 6.45) is 1.37. The summed E-state index contributed by atoms with van der Waals surface area (Å²) >= 11 is 5.90. The Bertz CT molecular complexity index is 1150. The Morgan fingerprint density at radius 1 is 1.27 bits per heavy atom. The van der Waals surface area contributed by atoms with Crippen LogP contribution in [-0.2, 0) is 16.1 Å². The maximum absolute atomic E-state index is 14.5. The summed E-state index contributed by atoms with van der Waals surface area (Å²) in [5.41, 5.74) is 1.48. The maximum Gasteiger partial charge on any atom is 0.320 e. The second-order valence-electron chi connectivity index (χ2n) is 7.62. The Labute approximate surface area is 196 Å². The summed E-state index contributed by atoms with van der Waals surface area (Å²) in [5.74, 6) is -0.601. The highest BCUT2D eigenvalue weighted by Crippen LogP contribution is 2.32. The number of nitrogens with zero attached hydrogens (tertiary/aromatic N) is 3. The highest BCUT2D eigenvalue weighted by Gasteiger charge is 2.27. The van der Waals surface area contributed by atoms with E-state index in [9.17, 15) is 14.3 Å². The lowest BCUT2D eigenvalue weighted by atomic mass is 10.1. The number of aliphatic carboxylic acids is 1. The molecular formula is C23H26ClFN4O4. The number of carboxylic acids is 1. The molecule has 176 valence electrons. The lowest BCUT2D eigenvalue weighted by molar-refractivity contribution is -0.144. The largest absolute Gasteiger partial charge is 0.496 e. The Balaban J connectivity index is 2.06. The lowest BCUT2D eigenvalue weighted by Crippen LogP contribution is -2.45.